The number of aromatic nitrogens is 2. The van der Waals surface area contributed by atoms with E-state index in [-0.39, 0.29) is 15.6 Å². The number of rotatable bonds is 1. The number of phenols is 1. The van der Waals surface area contributed by atoms with Crippen molar-refractivity contribution in [1.29, 1.82) is 0 Å². The number of phenolic OH excluding ortho intramolecular Hbond substituents is 1. The lowest BCUT2D eigenvalue weighted by molar-refractivity contribution is 0.434. The number of fused-ring (bicyclic) bond motifs is 1. The molecule has 20 heavy (non-hydrogen) atoms. The summed E-state index contributed by atoms with van der Waals surface area (Å²) in [5.74, 6) is -1.35. The van der Waals surface area contributed by atoms with Crippen LogP contribution in [-0.2, 0) is 0 Å². The summed E-state index contributed by atoms with van der Waals surface area (Å²) < 4.78 is 16.0. The fraction of sp³-hybridized carbons (Fsp3) is 0. The number of pyridine rings is 1. The zero-order valence-electron chi connectivity index (χ0n) is 9.74. The first-order valence-electron chi connectivity index (χ1n) is 5.48. The molecular formula is C13H6BrCl2FN2O. The van der Waals surface area contributed by atoms with Crippen LogP contribution in [0.15, 0.2) is 35.2 Å². The molecule has 0 bridgehead atoms. The molecule has 7 heteroatoms. The molecule has 1 N–H and O–H groups in total. The summed E-state index contributed by atoms with van der Waals surface area (Å²) in [5, 5.41) is 10.0. The maximum atomic E-state index is 13.6. The van der Waals surface area contributed by atoms with Crippen LogP contribution in [-0.4, -0.2) is 14.5 Å². The zero-order valence-corrected chi connectivity index (χ0v) is 12.8. The van der Waals surface area contributed by atoms with E-state index >= 15 is 0 Å². The first-order valence-corrected chi connectivity index (χ1v) is 7.03. The number of aromatic hydroxyl groups is 1. The molecule has 2 heterocycles. The standard InChI is InChI=1S/C13H6BrCl2FN2O/c14-9-5-19-2-1-6(3-10(19)18-9)11-12(16)7(15)4-8(17)13(11)20/h1-5,20H. The second kappa shape index (κ2) is 4.91. The van der Waals surface area contributed by atoms with Gasteiger partial charge in [-0.15, -0.1) is 0 Å². The molecule has 0 spiro atoms. The predicted molar refractivity (Wildman–Crippen MR) is 80.0 cm³/mol. The lowest BCUT2D eigenvalue weighted by Gasteiger charge is -2.10. The summed E-state index contributed by atoms with van der Waals surface area (Å²) in [6.45, 7) is 0. The highest BCUT2D eigenvalue weighted by molar-refractivity contribution is 9.10. The van der Waals surface area contributed by atoms with E-state index in [1.54, 1.807) is 28.9 Å². The topological polar surface area (TPSA) is 37.5 Å². The Morgan fingerprint density at radius 2 is 2.05 bits per heavy atom. The van der Waals surface area contributed by atoms with Crippen molar-refractivity contribution in [3.8, 4) is 16.9 Å². The smallest absolute Gasteiger partial charge is 0.167 e. The van der Waals surface area contributed by atoms with Crippen molar-refractivity contribution >= 4 is 44.8 Å². The second-order valence-corrected chi connectivity index (χ2v) is 5.72. The Hall–Kier alpha value is -1.30. The Bertz CT molecular complexity index is 809. The Morgan fingerprint density at radius 1 is 1.30 bits per heavy atom. The molecule has 0 saturated heterocycles. The van der Waals surface area contributed by atoms with Crippen LogP contribution in [0.3, 0.4) is 0 Å². The molecule has 0 fully saturated rings. The maximum absolute atomic E-state index is 13.6. The van der Waals surface area contributed by atoms with E-state index in [9.17, 15) is 9.50 Å². The first-order chi connectivity index (χ1) is 9.47. The lowest BCUT2D eigenvalue weighted by atomic mass is 10.1. The summed E-state index contributed by atoms with van der Waals surface area (Å²) in [6.07, 6.45) is 3.51. The number of imidazole rings is 1. The van der Waals surface area contributed by atoms with Crippen molar-refractivity contribution in [1.82, 2.24) is 9.38 Å². The van der Waals surface area contributed by atoms with Crippen LogP contribution in [0.2, 0.25) is 10.0 Å². The maximum Gasteiger partial charge on any atom is 0.167 e. The van der Waals surface area contributed by atoms with Crippen molar-refractivity contribution in [2.75, 3.05) is 0 Å². The van der Waals surface area contributed by atoms with Crippen LogP contribution in [0.1, 0.15) is 0 Å². The van der Waals surface area contributed by atoms with Gasteiger partial charge in [-0.2, -0.15) is 0 Å². The third kappa shape index (κ3) is 2.16. The van der Waals surface area contributed by atoms with E-state index in [1.807, 2.05) is 0 Å². The van der Waals surface area contributed by atoms with Crippen LogP contribution in [0.5, 0.6) is 5.75 Å². The van der Waals surface area contributed by atoms with Gasteiger partial charge in [-0.3, -0.25) is 0 Å². The molecule has 0 aliphatic carbocycles. The third-order valence-corrected chi connectivity index (χ3v) is 4.03. The van der Waals surface area contributed by atoms with Crippen molar-refractivity contribution in [3.05, 3.63) is 51.1 Å². The molecule has 0 amide bonds. The summed E-state index contributed by atoms with van der Waals surface area (Å²) in [7, 11) is 0. The van der Waals surface area contributed by atoms with E-state index in [4.69, 9.17) is 23.2 Å². The molecule has 0 aliphatic rings. The minimum absolute atomic E-state index is 0.0429. The van der Waals surface area contributed by atoms with Gasteiger partial charge in [-0.05, 0) is 39.7 Å². The Kier molecular flexibility index (Phi) is 3.36. The van der Waals surface area contributed by atoms with E-state index in [0.717, 1.165) is 6.07 Å². The van der Waals surface area contributed by atoms with E-state index < -0.39 is 11.6 Å². The number of halogens is 4. The number of hydrogen-bond donors (Lipinski definition) is 1. The fourth-order valence-electron chi connectivity index (χ4n) is 1.96. The third-order valence-electron chi connectivity index (χ3n) is 2.87. The first kappa shape index (κ1) is 13.7. The molecule has 102 valence electrons. The highest BCUT2D eigenvalue weighted by Crippen LogP contribution is 2.42. The monoisotopic (exact) mass is 374 g/mol. The van der Waals surface area contributed by atoms with Gasteiger partial charge in [0.05, 0.1) is 10.0 Å². The molecule has 2 aromatic heterocycles. The molecular weight excluding hydrogens is 370 g/mol. The largest absolute Gasteiger partial charge is 0.504 e. The zero-order chi connectivity index (χ0) is 14.4. The molecule has 3 rings (SSSR count). The second-order valence-electron chi connectivity index (χ2n) is 4.12. The van der Waals surface area contributed by atoms with Gasteiger partial charge in [-0.1, -0.05) is 23.2 Å². The van der Waals surface area contributed by atoms with Crippen molar-refractivity contribution in [2.24, 2.45) is 0 Å². The van der Waals surface area contributed by atoms with Gasteiger partial charge in [0.15, 0.2) is 11.6 Å². The highest BCUT2D eigenvalue weighted by Gasteiger charge is 2.18. The predicted octanol–water partition coefficient (Wildman–Crippen LogP) is 4.92. The molecule has 3 nitrogen and oxygen atoms in total. The SMILES string of the molecule is Oc1c(F)cc(Cl)c(Cl)c1-c1ccn2cc(Br)nc2c1. The van der Waals surface area contributed by atoms with Gasteiger partial charge in [0.25, 0.3) is 0 Å². The molecule has 0 unspecified atom stereocenters. The Labute approximate surface area is 131 Å². The lowest BCUT2D eigenvalue weighted by Crippen LogP contribution is -1.89. The fourth-order valence-corrected chi connectivity index (χ4v) is 2.80. The molecule has 1 aromatic carbocycles. The normalized spacial score (nSPS) is 11.2. The summed E-state index contributed by atoms with van der Waals surface area (Å²) in [5.41, 5.74) is 1.31. The van der Waals surface area contributed by atoms with E-state index in [2.05, 4.69) is 20.9 Å². The minimum Gasteiger partial charge on any atom is -0.504 e. The summed E-state index contributed by atoms with van der Waals surface area (Å²) in [6, 6.07) is 4.35. The van der Waals surface area contributed by atoms with Gasteiger partial charge in [0.2, 0.25) is 0 Å². The average Bonchev–Trinajstić information content (AvgIpc) is 2.76. The number of nitrogens with zero attached hydrogens (tertiary/aromatic N) is 2. The molecule has 0 atom stereocenters. The number of benzene rings is 1. The molecule has 0 aliphatic heterocycles. The summed E-state index contributed by atoms with van der Waals surface area (Å²) in [4.78, 5) is 4.23. The Balaban J connectivity index is 2.30. The van der Waals surface area contributed by atoms with Crippen LogP contribution in [0.4, 0.5) is 4.39 Å². The quantitative estimate of drug-likeness (QED) is 0.613. The van der Waals surface area contributed by atoms with Crippen LogP contribution < -0.4 is 0 Å². The minimum atomic E-state index is -0.821. The van der Waals surface area contributed by atoms with E-state index in [1.165, 1.54) is 0 Å². The van der Waals surface area contributed by atoms with Crippen molar-refractivity contribution in [2.45, 2.75) is 0 Å². The van der Waals surface area contributed by atoms with Gasteiger partial charge >= 0.3 is 0 Å². The average molecular weight is 376 g/mol. The highest BCUT2D eigenvalue weighted by atomic mass is 79.9. The van der Waals surface area contributed by atoms with Crippen molar-refractivity contribution < 1.29 is 9.50 Å². The molecule has 0 saturated carbocycles. The van der Waals surface area contributed by atoms with Gasteiger partial charge in [0, 0.05) is 18.0 Å². The van der Waals surface area contributed by atoms with Gasteiger partial charge in [0.1, 0.15) is 10.3 Å². The summed E-state index contributed by atoms with van der Waals surface area (Å²) >= 11 is 15.2. The van der Waals surface area contributed by atoms with Crippen molar-refractivity contribution in [3.63, 3.8) is 0 Å². The molecule has 0 radical (unpaired) electrons. The molecule has 3 aromatic rings. The number of hydrogen-bond acceptors (Lipinski definition) is 2. The Morgan fingerprint density at radius 3 is 2.80 bits per heavy atom. The van der Waals surface area contributed by atoms with E-state index in [0.29, 0.717) is 15.8 Å². The van der Waals surface area contributed by atoms with Crippen LogP contribution in [0.25, 0.3) is 16.8 Å². The van der Waals surface area contributed by atoms with Gasteiger partial charge < -0.3 is 9.51 Å². The van der Waals surface area contributed by atoms with Crippen LogP contribution >= 0.6 is 39.1 Å². The van der Waals surface area contributed by atoms with Gasteiger partial charge in [-0.25, -0.2) is 9.37 Å². The van der Waals surface area contributed by atoms with Crippen LogP contribution in [0, 0.1) is 5.82 Å².